The molecule has 0 radical (unpaired) electrons. The fraction of sp³-hybridized carbons (Fsp3) is 0.714. The van der Waals surface area contributed by atoms with Crippen molar-refractivity contribution in [2.45, 2.75) is 32.2 Å². The summed E-state index contributed by atoms with van der Waals surface area (Å²) < 4.78 is 1.86. The molecule has 0 unspecified atom stereocenters. The van der Waals surface area contributed by atoms with Gasteiger partial charge in [-0.1, -0.05) is 13.3 Å². The maximum absolute atomic E-state index is 5.63. The van der Waals surface area contributed by atoms with Gasteiger partial charge < -0.3 is 0 Å². The molecule has 4 heteroatoms. The Labute approximate surface area is 71.4 Å². The molecule has 0 bridgehead atoms. The first-order valence-electron chi connectivity index (χ1n) is 3.81. The second kappa shape index (κ2) is 4.34. The zero-order chi connectivity index (χ0) is 8.10. The van der Waals surface area contributed by atoms with Crippen molar-refractivity contribution in [3.8, 4) is 0 Å². The van der Waals surface area contributed by atoms with E-state index in [-0.39, 0.29) is 0 Å². The lowest BCUT2D eigenvalue weighted by atomic mass is 10.3. The molecule has 0 spiro atoms. The van der Waals surface area contributed by atoms with Gasteiger partial charge in [0.2, 0.25) is 0 Å². The average Bonchev–Trinajstić information content (AvgIpc) is 2.47. The second-order valence-electron chi connectivity index (χ2n) is 2.39. The van der Waals surface area contributed by atoms with Crippen LogP contribution in [0.1, 0.15) is 25.6 Å². The molecule has 0 aliphatic heterocycles. The molecule has 0 aliphatic carbocycles. The molecule has 0 atom stereocenters. The summed E-state index contributed by atoms with van der Waals surface area (Å²) in [4.78, 5) is 4.01. The number of rotatable bonds is 4. The van der Waals surface area contributed by atoms with Crippen molar-refractivity contribution in [2.75, 3.05) is 0 Å². The molecular formula is C7H12ClN3. The molecule has 0 aromatic carbocycles. The van der Waals surface area contributed by atoms with Crippen LogP contribution in [0.5, 0.6) is 0 Å². The zero-order valence-corrected chi connectivity index (χ0v) is 7.38. The smallest absolute Gasteiger partial charge is 0.141 e. The molecule has 62 valence electrons. The van der Waals surface area contributed by atoms with Crippen molar-refractivity contribution in [1.29, 1.82) is 0 Å². The Hall–Kier alpha value is -0.570. The predicted molar refractivity (Wildman–Crippen MR) is 44.5 cm³/mol. The maximum atomic E-state index is 5.63. The molecule has 1 aromatic heterocycles. The molecule has 11 heavy (non-hydrogen) atoms. The number of hydrogen-bond acceptors (Lipinski definition) is 2. The predicted octanol–water partition coefficient (Wildman–Crippen LogP) is 1.82. The van der Waals surface area contributed by atoms with Gasteiger partial charge in [0.05, 0.1) is 5.88 Å². The van der Waals surface area contributed by atoms with Gasteiger partial charge in [0.1, 0.15) is 12.2 Å². The van der Waals surface area contributed by atoms with Crippen LogP contribution >= 0.6 is 11.6 Å². The second-order valence-corrected chi connectivity index (χ2v) is 2.65. The van der Waals surface area contributed by atoms with Crippen LogP contribution in [0.15, 0.2) is 6.33 Å². The Morgan fingerprint density at radius 2 is 2.45 bits per heavy atom. The Morgan fingerprint density at radius 3 is 3.09 bits per heavy atom. The third-order valence-electron chi connectivity index (χ3n) is 1.54. The third kappa shape index (κ3) is 2.19. The highest BCUT2D eigenvalue weighted by atomic mass is 35.5. The van der Waals surface area contributed by atoms with Crippen LogP contribution in [-0.2, 0) is 12.4 Å². The number of hydrogen-bond donors (Lipinski definition) is 0. The van der Waals surface area contributed by atoms with E-state index in [0.29, 0.717) is 5.88 Å². The van der Waals surface area contributed by atoms with Crippen molar-refractivity contribution >= 4 is 11.6 Å². The molecule has 0 saturated heterocycles. The first-order chi connectivity index (χ1) is 5.38. The van der Waals surface area contributed by atoms with Gasteiger partial charge in [-0.3, -0.25) is 0 Å². The topological polar surface area (TPSA) is 30.7 Å². The van der Waals surface area contributed by atoms with Gasteiger partial charge in [-0.25, -0.2) is 9.67 Å². The Balaban J connectivity index is 2.54. The van der Waals surface area contributed by atoms with E-state index in [0.717, 1.165) is 18.8 Å². The first kappa shape index (κ1) is 8.53. The number of nitrogens with zero attached hydrogens (tertiary/aromatic N) is 3. The number of unbranched alkanes of at least 4 members (excludes halogenated alkanes) is 1. The van der Waals surface area contributed by atoms with E-state index in [4.69, 9.17) is 11.6 Å². The number of halogens is 1. The minimum Gasteiger partial charge on any atom is -0.249 e. The van der Waals surface area contributed by atoms with Crippen LogP contribution in [0, 0.1) is 0 Å². The molecule has 0 aliphatic rings. The van der Waals surface area contributed by atoms with Gasteiger partial charge in [-0.05, 0) is 6.42 Å². The van der Waals surface area contributed by atoms with E-state index in [2.05, 4.69) is 17.0 Å². The van der Waals surface area contributed by atoms with E-state index >= 15 is 0 Å². The van der Waals surface area contributed by atoms with Crippen molar-refractivity contribution in [1.82, 2.24) is 14.8 Å². The summed E-state index contributed by atoms with van der Waals surface area (Å²) in [5.74, 6) is 1.31. The average molecular weight is 174 g/mol. The minimum atomic E-state index is 0.448. The van der Waals surface area contributed by atoms with Crippen molar-refractivity contribution < 1.29 is 0 Å². The summed E-state index contributed by atoms with van der Waals surface area (Å²) in [5, 5.41) is 4.05. The summed E-state index contributed by atoms with van der Waals surface area (Å²) in [6, 6.07) is 0. The van der Waals surface area contributed by atoms with Gasteiger partial charge >= 0.3 is 0 Å². The summed E-state index contributed by atoms with van der Waals surface area (Å²) in [5.41, 5.74) is 0. The molecule has 1 heterocycles. The molecule has 0 amide bonds. The molecule has 0 fully saturated rings. The molecular weight excluding hydrogens is 162 g/mol. The summed E-state index contributed by atoms with van der Waals surface area (Å²) >= 11 is 5.63. The molecule has 1 aromatic rings. The zero-order valence-electron chi connectivity index (χ0n) is 6.63. The third-order valence-corrected chi connectivity index (χ3v) is 1.78. The Morgan fingerprint density at radius 1 is 1.64 bits per heavy atom. The molecule has 0 N–H and O–H groups in total. The molecule has 3 nitrogen and oxygen atoms in total. The minimum absolute atomic E-state index is 0.448. The number of alkyl halides is 1. The van der Waals surface area contributed by atoms with E-state index < -0.39 is 0 Å². The fourth-order valence-corrected chi connectivity index (χ4v) is 1.09. The van der Waals surface area contributed by atoms with E-state index in [9.17, 15) is 0 Å². The van der Waals surface area contributed by atoms with Crippen LogP contribution < -0.4 is 0 Å². The van der Waals surface area contributed by atoms with Crippen molar-refractivity contribution in [3.05, 3.63) is 12.2 Å². The highest BCUT2D eigenvalue weighted by Gasteiger charge is 1.99. The number of aromatic nitrogens is 3. The molecule has 1 rings (SSSR count). The molecule has 0 saturated carbocycles. The normalized spacial score (nSPS) is 10.4. The van der Waals surface area contributed by atoms with Crippen LogP contribution in [0.2, 0.25) is 0 Å². The van der Waals surface area contributed by atoms with Gasteiger partial charge in [-0.15, -0.1) is 11.6 Å². The van der Waals surface area contributed by atoms with Crippen molar-refractivity contribution in [2.24, 2.45) is 0 Å². The fourth-order valence-electron chi connectivity index (χ4n) is 0.886. The first-order valence-corrected chi connectivity index (χ1v) is 4.34. The summed E-state index contributed by atoms with van der Waals surface area (Å²) in [6.07, 6.45) is 3.85. The largest absolute Gasteiger partial charge is 0.249 e. The Kier molecular flexibility index (Phi) is 3.36. The van der Waals surface area contributed by atoms with Crippen LogP contribution in [0.25, 0.3) is 0 Å². The summed E-state index contributed by atoms with van der Waals surface area (Å²) in [7, 11) is 0. The highest BCUT2D eigenvalue weighted by Crippen LogP contribution is 2.00. The van der Waals surface area contributed by atoms with E-state index in [1.165, 1.54) is 6.42 Å². The van der Waals surface area contributed by atoms with Gasteiger partial charge in [-0.2, -0.15) is 5.10 Å². The van der Waals surface area contributed by atoms with Crippen LogP contribution in [-0.4, -0.2) is 14.8 Å². The SMILES string of the molecule is CCCCn1ncnc1CCl. The van der Waals surface area contributed by atoms with Crippen molar-refractivity contribution in [3.63, 3.8) is 0 Å². The van der Waals surface area contributed by atoms with Crippen LogP contribution in [0.4, 0.5) is 0 Å². The standard InChI is InChI=1S/C7H12ClN3/c1-2-3-4-11-7(5-8)9-6-10-11/h6H,2-5H2,1H3. The highest BCUT2D eigenvalue weighted by molar-refractivity contribution is 6.16. The Bertz CT molecular complexity index is 209. The number of aryl methyl sites for hydroxylation is 1. The lowest BCUT2D eigenvalue weighted by Crippen LogP contribution is -2.03. The van der Waals surface area contributed by atoms with Crippen LogP contribution in [0.3, 0.4) is 0 Å². The lowest BCUT2D eigenvalue weighted by molar-refractivity contribution is 0.554. The maximum Gasteiger partial charge on any atom is 0.141 e. The van der Waals surface area contributed by atoms with Gasteiger partial charge in [0, 0.05) is 6.54 Å². The van der Waals surface area contributed by atoms with E-state index in [1.807, 2.05) is 4.68 Å². The van der Waals surface area contributed by atoms with Gasteiger partial charge in [0.25, 0.3) is 0 Å². The van der Waals surface area contributed by atoms with E-state index in [1.54, 1.807) is 6.33 Å². The van der Waals surface area contributed by atoms with Gasteiger partial charge in [0.15, 0.2) is 0 Å². The quantitative estimate of drug-likeness (QED) is 0.651. The lowest BCUT2D eigenvalue weighted by Gasteiger charge is -2.00. The monoisotopic (exact) mass is 173 g/mol. The summed E-state index contributed by atoms with van der Waals surface area (Å²) in [6.45, 7) is 3.08.